The van der Waals surface area contributed by atoms with Gasteiger partial charge in [0.15, 0.2) is 17.6 Å². The van der Waals surface area contributed by atoms with Gasteiger partial charge in [0.05, 0.1) is 11.9 Å². The van der Waals surface area contributed by atoms with Crippen LogP contribution in [-0.2, 0) is 11.3 Å². The molecule has 0 saturated carbocycles. The van der Waals surface area contributed by atoms with Gasteiger partial charge >= 0.3 is 12.8 Å². The van der Waals surface area contributed by atoms with Crippen molar-refractivity contribution in [2.45, 2.75) is 32.4 Å². The largest absolute Gasteiger partial charge is 0.465 e. The molecule has 144 valence electrons. The number of hydrogen-bond acceptors (Lipinski definition) is 6. The molecule has 0 radical (unpaired) electrons. The third-order valence-electron chi connectivity index (χ3n) is 3.49. The second-order valence-corrected chi connectivity index (χ2v) is 5.38. The van der Waals surface area contributed by atoms with Gasteiger partial charge in [0.2, 0.25) is 5.88 Å². The maximum absolute atomic E-state index is 12.5. The Morgan fingerprint density at radius 1 is 1.11 bits per heavy atom. The standard InChI is InChI=1S/C15H12F5N5O2/c1-8(15(18,19)20)27-13-3-2-9(4-22-13)10-6-25-11(5-21-10)23-24-12(25)7-26-14(16)17/h2-6,8,14H,7H2,1H3/t8-/m0/s1. The second kappa shape index (κ2) is 7.39. The predicted molar refractivity (Wildman–Crippen MR) is 81.0 cm³/mol. The van der Waals surface area contributed by atoms with Crippen molar-refractivity contribution in [3.63, 3.8) is 0 Å². The van der Waals surface area contributed by atoms with Crippen molar-refractivity contribution in [3.8, 4) is 17.1 Å². The molecule has 3 rings (SSSR count). The highest BCUT2D eigenvalue weighted by Gasteiger charge is 2.38. The molecule has 12 heteroatoms. The summed E-state index contributed by atoms with van der Waals surface area (Å²) in [4.78, 5) is 7.97. The molecule has 0 unspecified atom stereocenters. The van der Waals surface area contributed by atoms with E-state index in [2.05, 4.69) is 24.9 Å². The van der Waals surface area contributed by atoms with Gasteiger partial charge in [-0.3, -0.25) is 9.38 Å². The molecule has 0 spiro atoms. The van der Waals surface area contributed by atoms with Gasteiger partial charge in [-0.25, -0.2) is 4.98 Å². The van der Waals surface area contributed by atoms with Gasteiger partial charge in [0, 0.05) is 24.0 Å². The Labute approximate surface area is 148 Å². The fraction of sp³-hybridized carbons (Fsp3) is 0.333. The van der Waals surface area contributed by atoms with Gasteiger partial charge in [0.25, 0.3) is 0 Å². The monoisotopic (exact) mass is 389 g/mol. The van der Waals surface area contributed by atoms with E-state index in [9.17, 15) is 22.0 Å². The summed E-state index contributed by atoms with van der Waals surface area (Å²) >= 11 is 0. The Bertz CT molecular complexity index is 913. The molecule has 3 heterocycles. The highest BCUT2D eigenvalue weighted by molar-refractivity contribution is 5.58. The summed E-state index contributed by atoms with van der Waals surface area (Å²) in [6, 6.07) is 2.75. The van der Waals surface area contributed by atoms with E-state index in [1.807, 2.05) is 0 Å². The number of nitrogens with zero attached hydrogens (tertiary/aromatic N) is 5. The Balaban J connectivity index is 1.81. The molecule has 0 aliphatic heterocycles. The average Bonchev–Trinajstić information content (AvgIpc) is 3.02. The lowest BCUT2D eigenvalue weighted by atomic mass is 10.2. The lowest BCUT2D eigenvalue weighted by Crippen LogP contribution is -2.31. The van der Waals surface area contributed by atoms with Crippen molar-refractivity contribution in [2.24, 2.45) is 0 Å². The van der Waals surface area contributed by atoms with Crippen molar-refractivity contribution in [1.29, 1.82) is 0 Å². The lowest BCUT2D eigenvalue weighted by molar-refractivity contribution is -0.189. The van der Waals surface area contributed by atoms with E-state index in [0.717, 1.165) is 6.92 Å². The van der Waals surface area contributed by atoms with Gasteiger partial charge in [-0.05, 0) is 13.0 Å². The minimum atomic E-state index is -4.50. The zero-order valence-corrected chi connectivity index (χ0v) is 13.7. The van der Waals surface area contributed by atoms with Crippen LogP contribution in [0, 0.1) is 0 Å². The number of rotatable bonds is 6. The summed E-state index contributed by atoms with van der Waals surface area (Å²) in [5.74, 6) is -0.0548. The summed E-state index contributed by atoms with van der Waals surface area (Å²) in [5, 5.41) is 7.53. The van der Waals surface area contributed by atoms with Crippen LogP contribution in [0.5, 0.6) is 5.88 Å². The Morgan fingerprint density at radius 2 is 1.89 bits per heavy atom. The maximum atomic E-state index is 12.5. The first-order valence-corrected chi connectivity index (χ1v) is 7.53. The average molecular weight is 389 g/mol. The first kappa shape index (κ1) is 18.9. The Kier molecular flexibility index (Phi) is 5.17. The maximum Gasteiger partial charge on any atom is 0.425 e. The summed E-state index contributed by atoms with van der Waals surface area (Å²) in [6.07, 6.45) is -2.37. The van der Waals surface area contributed by atoms with Gasteiger partial charge in [0.1, 0.15) is 6.61 Å². The predicted octanol–water partition coefficient (Wildman–Crippen LogP) is 3.26. The molecule has 0 bridgehead atoms. The van der Waals surface area contributed by atoms with Crippen LogP contribution >= 0.6 is 0 Å². The van der Waals surface area contributed by atoms with E-state index in [-0.39, 0.29) is 11.7 Å². The number of pyridine rings is 1. The first-order chi connectivity index (χ1) is 12.7. The molecule has 0 aromatic carbocycles. The summed E-state index contributed by atoms with van der Waals surface area (Å²) < 4.78 is 72.3. The first-order valence-electron chi connectivity index (χ1n) is 7.53. The molecule has 3 aromatic rings. The van der Waals surface area contributed by atoms with Crippen LogP contribution in [0.3, 0.4) is 0 Å². The van der Waals surface area contributed by atoms with Gasteiger partial charge in [-0.2, -0.15) is 22.0 Å². The molecule has 27 heavy (non-hydrogen) atoms. The smallest absolute Gasteiger partial charge is 0.425 e. The molecule has 0 amide bonds. The third kappa shape index (κ3) is 4.45. The topological polar surface area (TPSA) is 74.4 Å². The molecule has 7 nitrogen and oxygen atoms in total. The molecule has 0 N–H and O–H groups in total. The highest BCUT2D eigenvalue weighted by atomic mass is 19.4. The number of halogens is 5. The summed E-state index contributed by atoms with van der Waals surface area (Å²) in [6.45, 7) is -2.53. The number of hydrogen-bond donors (Lipinski definition) is 0. The zero-order valence-electron chi connectivity index (χ0n) is 13.7. The highest BCUT2D eigenvalue weighted by Crippen LogP contribution is 2.25. The van der Waals surface area contributed by atoms with Gasteiger partial charge in [-0.15, -0.1) is 10.2 Å². The Morgan fingerprint density at radius 3 is 2.52 bits per heavy atom. The van der Waals surface area contributed by atoms with Crippen LogP contribution < -0.4 is 4.74 Å². The fourth-order valence-corrected chi connectivity index (χ4v) is 2.08. The molecular formula is C15H12F5N5O2. The number of fused-ring (bicyclic) bond motifs is 1. The zero-order chi connectivity index (χ0) is 19.6. The lowest BCUT2D eigenvalue weighted by Gasteiger charge is -2.16. The van der Waals surface area contributed by atoms with Crippen LogP contribution in [0.2, 0.25) is 0 Å². The molecular weight excluding hydrogens is 377 g/mol. The van der Waals surface area contributed by atoms with E-state index in [0.29, 0.717) is 16.9 Å². The van der Waals surface area contributed by atoms with Crippen molar-refractivity contribution in [3.05, 3.63) is 36.5 Å². The van der Waals surface area contributed by atoms with Crippen LogP contribution in [-0.4, -0.2) is 43.5 Å². The van der Waals surface area contributed by atoms with Crippen LogP contribution in [0.15, 0.2) is 30.7 Å². The fourth-order valence-electron chi connectivity index (χ4n) is 2.08. The van der Waals surface area contributed by atoms with Crippen molar-refractivity contribution in [2.75, 3.05) is 0 Å². The second-order valence-electron chi connectivity index (χ2n) is 5.38. The third-order valence-corrected chi connectivity index (χ3v) is 3.49. The van der Waals surface area contributed by atoms with Gasteiger partial charge in [-0.1, -0.05) is 0 Å². The number of alkyl halides is 5. The number of ether oxygens (including phenoxy) is 2. The normalized spacial score (nSPS) is 13.3. The minimum absolute atomic E-state index is 0.140. The molecule has 0 fully saturated rings. The van der Waals surface area contributed by atoms with E-state index in [1.165, 1.54) is 35.1 Å². The van der Waals surface area contributed by atoms with Crippen molar-refractivity contribution >= 4 is 5.65 Å². The summed E-state index contributed by atoms with van der Waals surface area (Å²) in [5.41, 5.74) is 1.17. The molecule has 3 aromatic heterocycles. The molecule has 0 aliphatic carbocycles. The van der Waals surface area contributed by atoms with Gasteiger partial charge < -0.3 is 9.47 Å². The molecule has 1 atom stereocenters. The Hall–Kier alpha value is -2.89. The van der Waals surface area contributed by atoms with E-state index in [4.69, 9.17) is 4.74 Å². The van der Waals surface area contributed by atoms with Crippen LogP contribution in [0.25, 0.3) is 16.9 Å². The van der Waals surface area contributed by atoms with E-state index < -0.39 is 25.5 Å². The SMILES string of the molecule is C[C@H](Oc1ccc(-c2cn3c(COC(F)F)nnc3cn2)cn1)C(F)(F)F. The van der Waals surface area contributed by atoms with E-state index >= 15 is 0 Å². The molecule has 0 aliphatic rings. The van der Waals surface area contributed by atoms with Crippen molar-refractivity contribution in [1.82, 2.24) is 24.6 Å². The molecule has 0 saturated heterocycles. The van der Waals surface area contributed by atoms with Crippen LogP contribution in [0.4, 0.5) is 22.0 Å². The summed E-state index contributed by atoms with van der Waals surface area (Å²) in [7, 11) is 0. The quantitative estimate of drug-likeness (QED) is 0.603. The van der Waals surface area contributed by atoms with Crippen molar-refractivity contribution < 1.29 is 31.4 Å². The van der Waals surface area contributed by atoms with E-state index in [1.54, 1.807) is 0 Å². The van der Waals surface area contributed by atoms with Crippen LogP contribution in [0.1, 0.15) is 12.7 Å². The number of aromatic nitrogens is 5. The minimum Gasteiger partial charge on any atom is -0.465 e.